The van der Waals surface area contributed by atoms with Crippen LogP contribution in [0, 0.1) is 11.8 Å². The Labute approximate surface area is 204 Å². The Kier molecular flexibility index (Phi) is 6.21. The third-order valence-corrected chi connectivity index (χ3v) is 6.68. The lowest BCUT2D eigenvalue weighted by molar-refractivity contribution is -0.159. The van der Waals surface area contributed by atoms with E-state index in [9.17, 15) is 14.7 Å². The van der Waals surface area contributed by atoms with Crippen LogP contribution in [-0.4, -0.2) is 70.6 Å². The summed E-state index contributed by atoms with van der Waals surface area (Å²) in [5.41, 5.74) is 3.25. The predicted molar refractivity (Wildman–Crippen MR) is 130 cm³/mol. The predicted octanol–water partition coefficient (Wildman–Crippen LogP) is 2.30. The standard InChI is InChI=1S/C28H25N3O4/c1-35-23-4-2-3-20(15-23)6-5-19-7-9-21(10-8-19)27-24-16-30(17-26(33)31(24)25(27)18-32)28(34)22-11-13-29-14-12-22/h2-4,7-15,24-25,27,32H,16-18H2,1H3/t24-,25+,27-/m1/s1. The van der Waals surface area contributed by atoms with Crippen molar-refractivity contribution < 1.29 is 19.4 Å². The molecule has 5 rings (SSSR count). The molecule has 0 aliphatic carbocycles. The third-order valence-electron chi connectivity index (χ3n) is 6.68. The number of aliphatic hydroxyl groups is 1. The first-order valence-electron chi connectivity index (χ1n) is 11.5. The molecule has 0 unspecified atom stereocenters. The largest absolute Gasteiger partial charge is 0.497 e. The van der Waals surface area contributed by atoms with E-state index in [1.807, 2.05) is 48.5 Å². The number of nitrogens with zero attached hydrogens (tertiary/aromatic N) is 3. The van der Waals surface area contributed by atoms with Crippen molar-refractivity contribution in [1.82, 2.24) is 14.8 Å². The van der Waals surface area contributed by atoms with Crippen molar-refractivity contribution in [3.63, 3.8) is 0 Å². The van der Waals surface area contributed by atoms with Gasteiger partial charge in [0, 0.05) is 41.5 Å². The van der Waals surface area contributed by atoms with E-state index >= 15 is 0 Å². The number of carbonyl (C=O) groups is 2. The lowest BCUT2D eigenvalue weighted by atomic mass is 9.73. The molecule has 7 nitrogen and oxygen atoms in total. The summed E-state index contributed by atoms with van der Waals surface area (Å²) >= 11 is 0. The van der Waals surface area contributed by atoms with Crippen molar-refractivity contribution in [2.75, 3.05) is 26.8 Å². The molecule has 2 saturated heterocycles. The second-order valence-electron chi connectivity index (χ2n) is 8.67. The van der Waals surface area contributed by atoms with Gasteiger partial charge in [0.1, 0.15) is 12.3 Å². The van der Waals surface area contributed by atoms with Crippen LogP contribution < -0.4 is 4.74 Å². The molecular formula is C28H25N3O4. The Balaban J connectivity index is 1.34. The van der Waals surface area contributed by atoms with Crippen molar-refractivity contribution in [2.45, 2.75) is 18.0 Å². The first-order chi connectivity index (χ1) is 17.1. The number of piperazine rings is 1. The van der Waals surface area contributed by atoms with Gasteiger partial charge in [-0.05, 0) is 48.0 Å². The second-order valence-corrected chi connectivity index (χ2v) is 8.67. The molecule has 0 bridgehead atoms. The van der Waals surface area contributed by atoms with Gasteiger partial charge in [0.05, 0.1) is 25.8 Å². The summed E-state index contributed by atoms with van der Waals surface area (Å²) < 4.78 is 5.24. The van der Waals surface area contributed by atoms with Gasteiger partial charge in [0.2, 0.25) is 5.91 Å². The number of aromatic nitrogens is 1. The van der Waals surface area contributed by atoms with Crippen molar-refractivity contribution in [3.8, 4) is 17.6 Å². The number of rotatable bonds is 4. The van der Waals surface area contributed by atoms with Gasteiger partial charge < -0.3 is 19.6 Å². The van der Waals surface area contributed by atoms with Gasteiger partial charge in [0.25, 0.3) is 5.91 Å². The number of ether oxygens (including phenoxy) is 1. The minimum absolute atomic E-state index is 0.0136. The van der Waals surface area contributed by atoms with Crippen LogP contribution in [0.25, 0.3) is 0 Å². The number of pyridine rings is 1. The van der Waals surface area contributed by atoms with Crippen LogP contribution in [0.3, 0.4) is 0 Å². The molecule has 2 fully saturated rings. The average molecular weight is 468 g/mol. The molecule has 3 heterocycles. The Morgan fingerprint density at radius 3 is 2.54 bits per heavy atom. The van der Waals surface area contributed by atoms with E-state index in [-0.39, 0.29) is 43.0 Å². The molecule has 2 amide bonds. The monoisotopic (exact) mass is 467 g/mol. The van der Waals surface area contributed by atoms with E-state index in [1.54, 1.807) is 41.4 Å². The summed E-state index contributed by atoms with van der Waals surface area (Å²) in [4.78, 5) is 33.1. The van der Waals surface area contributed by atoms with Gasteiger partial charge in [-0.3, -0.25) is 14.6 Å². The van der Waals surface area contributed by atoms with Gasteiger partial charge in [-0.2, -0.15) is 0 Å². The molecule has 2 aromatic carbocycles. The fraction of sp³-hybridized carbons (Fsp3) is 0.250. The van der Waals surface area contributed by atoms with Crippen LogP contribution in [0.5, 0.6) is 5.75 Å². The van der Waals surface area contributed by atoms with Crippen molar-refractivity contribution in [2.24, 2.45) is 0 Å². The Hall–Kier alpha value is -4.15. The molecule has 7 heteroatoms. The van der Waals surface area contributed by atoms with Crippen molar-refractivity contribution >= 4 is 11.8 Å². The highest BCUT2D eigenvalue weighted by Crippen LogP contribution is 2.43. The summed E-state index contributed by atoms with van der Waals surface area (Å²) in [5.74, 6) is 6.69. The molecule has 176 valence electrons. The van der Waals surface area contributed by atoms with Crippen LogP contribution in [-0.2, 0) is 4.79 Å². The molecule has 2 aliphatic rings. The Bertz CT molecular complexity index is 1300. The smallest absolute Gasteiger partial charge is 0.254 e. The molecule has 0 saturated carbocycles. The highest BCUT2D eigenvalue weighted by atomic mass is 16.5. The lowest BCUT2D eigenvalue weighted by Gasteiger charge is -2.58. The minimum atomic E-state index is -0.292. The van der Waals surface area contributed by atoms with Crippen LogP contribution in [0.4, 0.5) is 0 Å². The molecule has 35 heavy (non-hydrogen) atoms. The Morgan fingerprint density at radius 1 is 1.09 bits per heavy atom. The number of methoxy groups -OCH3 is 1. The van der Waals surface area contributed by atoms with Gasteiger partial charge in [-0.25, -0.2) is 0 Å². The summed E-state index contributed by atoms with van der Waals surface area (Å²) in [5, 5.41) is 10.0. The van der Waals surface area contributed by atoms with Gasteiger partial charge in [0.15, 0.2) is 0 Å². The first kappa shape index (κ1) is 22.6. The second kappa shape index (κ2) is 9.61. The fourth-order valence-corrected chi connectivity index (χ4v) is 4.97. The van der Waals surface area contributed by atoms with E-state index in [1.165, 1.54) is 0 Å². The van der Waals surface area contributed by atoms with E-state index in [0.717, 1.165) is 22.4 Å². The van der Waals surface area contributed by atoms with Crippen molar-refractivity contribution in [3.05, 3.63) is 95.3 Å². The quantitative estimate of drug-likeness (QED) is 0.596. The molecule has 1 aromatic heterocycles. The lowest BCUT2D eigenvalue weighted by Crippen LogP contribution is -2.73. The van der Waals surface area contributed by atoms with E-state index in [4.69, 9.17) is 4.74 Å². The zero-order valence-corrected chi connectivity index (χ0v) is 19.3. The molecule has 3 aromatic rings. The summed E-state index contributed by atoms with van der Waals surface area (Å²) in [6.45, 7) is 0.313. The molecule has 0 radical (unpaired) electrons. The van der Waals surface area contributed by atoms with Crippen molar-refractivity contribution in [1.29, 1.82) is 0 Å². The SMILES string of the molecule is COc1cccc(C#Cc2ccc([C@@H]3[C@H]4CN(C(=O)c5ccncc5)CC(=O)N4[C@H]3CO)cc2)c1. The zero-order valence-electron chi connectivity index (χ0n) is 19.3. The van der Waals surface area contributed by atoms with Crippen LogP contribution in [0.15, 0.2) is 73.1 Å². The van der Waals surface area contributed by atoms with Gasteiger partial charge in [-0.15, -0.1) is 0 Å². The van der Waals surface area contributed by atoms with Crippen LogP contribution in [0.2, 0.25) is 0 Å². The molecule has 1 N–H and O–H groups in total. The summed E-state index contributed by atoms with van der Waals surface area (Å²) in [6.07, 6.45) is 3.13. The number of hydrogen-bond donors (Lipinski definition) is 1. The molecule has 3 atom stereocenters. The minimum Gasteiger partial charge on any atom is -0.497 e. The molecule has 0 spiro atoms. The van der Waals surface area contributed by atoms with Crippen LogP contribution in [0.1, 0.15) is 33.0 Å². The summed E-state index contributed by atoms with van der Waals surface area (Å²) in [7, 11) is 1.63. The topological polar surface area (TPSA) is 83.0 Å². The number of amides is 2. The first-order valence-corrected chi connectivity index (χ1v) is 11.5. The van der Waals surface area contributed by atoms with Gasteiger partial charge >= 0.3 is 0 Å². The van der Waals surface area contributed by atoms with Gasteiger partial charge in [-0.1, -0.05) is 30.0 Å². The molecule has 2 aliphatic heterocycles. The molecular weight excluding hydrogens is 442 g/mol. The zero-order chi connectivity index (χ0) is 24.4. The number of aliphatic hydroxyl groups excluding tert-OH is 1. The number of carbonyl (C=O) groups excluding carboxylic acids is 2. The maximum atomic E-state index is 12.9. The number of fused-ring (bicyclic) bond motifs is 1. The average Bonchev–Trinajstić information content (AvgIpc) is 2.89. The number of hydrogen-bond acceptors (Lipinski definition) is 5. The fourth-order valence-electron chi connectivity index (χ4n) is 4.97. The van der Waals surface area contributed by atoms with E-state index in [2.05, 4.69) is 16.8 Å². The normalized spacial score (nSPS) is 20.9. The summed E-state index contributed by atoms with van der Waals surface area (Å²) in [6, 6.07) is 18.3. The highest BCUT2D eigenvalue weighted by molar-refractivity contribution is 5.97. The van der Waals surface area contributed by atoms with Crippen LogP contribution >= 0.6 is 0 Å². The van der Waals surface area contributed by atoms with E-state index in [0.29, 0.717) is 12.1 Å². The number of benzene rings is 2. The highest BCUT2D eigenvalue weighted by Gasteiger charge is 2.54. The maximum absolute atomic E-state index is 12.9. The Morgan fingerprint density at radius 2 is 1.83 bits per heavy atom. The third kappa shape index (κ3) is 4.36. The van der Waals surface area contributed by atoms with E-state index < -0.39 is 0 Å². The maximum Gasteiger partial charge on any atom is 0.254 e.